The minimum Gasteiger partial charge on any atom is -0.321 e. The fourth-order valence-electron chi connectivity index (χ4n) is 1.87. The fourth-order valence-corrected chi connectivity index (χ4v) is 2.05. The zero-order valence-corrected chi connectivity index (χ0v) is 12.4. The van der Waals surface area contributed by atoms with E-state index in [1.807, 2.05) is 48.1 Å². The van der Waals surface area contributed by atoms with Crippen molar-refractivity contribution >= 4 is 23.2 Å². The molecule has 0 unspecified atom stereocenters. The van der Waals surface area contributed by atoms with E-state index in [4.69, 9.17) is 11.6 Å². The Bertz CT molecular complexity index is 608. The molecule has 2 rings (SSSR count). The van der Waals surface area contributed by atoms with E-state index >= 15 is 0 Å². The Morgan fingerprint density at radius 1 is 1.25 bits per heavy atom. The third-order valence-corrected chi connectivity index (χ3v) is 3.56. The van der Waals surface area contributed by atoms with Gasteiger partial charge in [-0.1, -0.05) is 24.6 Å². The van der Waals surface area contributed by atoms with Crippen LogP contribution in [0.3, 0.4) is 0 Å². The molecule has 4 heteroatoms. The van der Waals surface area contributed by atoms with Gasteiger partial charge in [-0.15, -0.1) is 0 Å². The predicted octanol–water partition coefficient (Wildman–Crippen LogP) is 3.14. The summed E-state index contributed by atoms with van der Waals surface area (Å²) in [6.45, 7) is 4.32. The Hall–Kier alpha value is -1.87. The number of aryl methyl sites for hydroxylation is 2. The second kappa shape index (κ2) is 6.53. The Morgan fingerprint density at radius 2 is 1.95 bits per heavy atom. The lowest BCUT2D eigenvalue weighted by Gasteiger charge is -2.05. The molecule has 1 aromatic heterocycles. The van der Waals surface area contributed by atoms with Crippen LogP contribution in [-0.2, 0) is 17.8 Å². The number of carbonyl (C=O) groups excluding carboxylic acids is 1. The summed E-state index contributed by atoms with van der Waals surface area (Å²) in [4.78, 5) is 12.0. The predicted molar refractivity (Wildman–Crippen MR) is 80.8 cm³/mol. The Morgan fingerprint density at radius 3 is 2.55 bits per heavy atom. The summed E-state index contributed by atoms with van der Waals surface area (Å²) < 4.78 is 1.85. The van der Waals surface area contributed by atoms with Gasteiger partial charge in [0.2, 0.25) is 6.54 Å². The van der Waals surface area contributed by atoms with Crippen LogP contribution in [0.15, 0.2) is 42.7 Å². The van der Waals surface area contributed by atoms with Gasteiger partial charge >= 0.3 is 0 Å². The highest BCUT2D eigenvalue weighted by Crippen LogP contribution is 2.19. The van der Waals surface area contributed by atoms with Crippen LogP contribution < -0.4 is 9.88 Å². The topological polar surface area (TPSA) is 33.0 Å². The van der Waals surface area contributed by atoms with Gasteiger partial charge in [0, 0.05) is 22.8 Å². The number of benzene rings is 1. The molecule has 0 bridgehead atoms. The molecule has 2 aromatic rings. The monoisotopic (exact) mass is 289 g/mol. The molecule has 104 valence electrons. The molecule has 0 aliphatic rings. The fraction of sp³-hybridized carbons (Fsp3) is 0.250. The Balaban J connectivity index is 1.99. The highest BCUT2D eigenvalue weighted by Gasteiger charge is 2.10. The van der Waals surface area contributed by atoms with Crippen LogP contribution in [0.1, 0.15) is 18.1 Å². The maximum Gasteiger partial charge on any atom is 0.290 e. The van der Waals surface area contributed by atoms with Crippen molar-refractivity contribution in [3.05, 3.63) is 58.9 Å². The summed E-state index contributed by atoms with van der Waals surface area (Å²) in [7, 11) is 0. The number of anilines is 1. The van der Waals surface area contributed by atoms with E-state index in [0.717, 1.165) is 17.7 Å². The Labute approximate surface area is 124 Å². The van der Waals surface area contributed by atoms with Gasteiger partial charge < -0.3 is 5.32 Å². The first-order chi connectivity index (χ1) is 9.58. The van der Waals surface area contributed by atoms with E-state index in [-0.39, 0.29) is 12.5 Å². The van der Waals surface area contributed by atoms with Crippen LogP contribution in [0.4, 0.5) is 5.69 Å². The highest BCUT2D eigenvalue weighted by atomic mass is 35.5. The van der Waals surface area contributed by atoms with Crippen molar-refractivity contribution in [2.24, 2.45) is 0 Å². The molecule has 0 radical (unpaired) electrons. The molecule has 0 saturated heterocycles. The molecule has 0 fully saturated rings. The van der Waals surface area contributed by atoms with Gasteiger partial charge in [0.1, 0.15) is 0 Å². The molecular formula is C16H18ClN2O+. The summed E-state index contributed by atoms with van der Waals surface area (Å²) in [6, 6.07) is 9.55. The molecular weight excluding hydrogens is 272 g/mol. The summed E-state index contributed by atoms with van der Waals surface area (Å²) in [5, 5.41) is 3.50. The first-order valence-corrected chi connectivity index (χ1v) is 7.00. The van der Waals surface area contributed by atoms with Crippen LogP contribution in [0.2, 0.25) is 5.02 Å². The number of hydrogen-bond acceptors (Lipinski definition) is 1. The van der Waals surface area contributed by atoms with Gasteiger partial charge in [0.15, 0.2) is 12.4 Å². The van der Waals surface area contributed by atoms with E-state index in [0.29, 0.717) is 5.02 Å². The summed E-state index contributed by atoms with van der Waals surface area (Å²) in [5.74, 6) is -0.0702. The number of amides is 1. The zero-order chi connectivity index (χ0) is 14.5. The van der Waals surface area contributed by atoms with Gasteiger partial charge in [-0.25, -0.2) is 0 Å². The molecule has 3 nitrogen and oxygen atoms in total. The number of carbonyl (C=O) groups is 1. The highest BCUT2D eigenvalue weighted by molar-refractivity contribution is 6.31. The van der Waals surface area contributed by atoms with E-state index in [2.05, 4.69) is 12.2 Å². The SMILES string of the molecule is CCc1cc[n+](CC(=O)Nc2ccc(C)c(Cl)c2)cc1. The van der Waals surface area contributed by atoms with Gasteiger partial charge in [-0.2, -0.15) is 4.57 Å². The van der Waals surface area contributed by atoms with E-state index in [1.54, 1.807) is 6.07 Å². The van der Waals surface area contributed by atoms with Crippen LogP contribution >= 0.6 is 11.6 Å². The van der Waals surface area contributed by atoms with Crippen molar-refractivity contribution in [1.82, 2.24) is 0 Å². The zero-order valence-electron chi connectivity index (χ0n) is 11.7. The molecule has 0 spiro atoms. The normalized spacial score (nSPS) is 10.3. The van der Waals surface area contributed by atoms with Crippen molar-refractivity contribution < 1.29 is 9.36 Å². The molecule has 1 N–H and O–H groups in total. The summed E-state index contributed by atoms with van der Waals surface area (Å²) in [6.07, 6.45) is 4.83. The molecule has 1 aromatic carbocycles. The molecule has 0 atom stereocenters. The average molecular weight is 290 g/mol. The standard InChI is InChI=1S/C16H17ClN2O/c1-3-13-6-8-19(9-7-13)11-16(20)18-14-5-4-12(2)15(17)10-14/h4-10H,3,11H2,1-2H3/p+1. The number of nitrogens with one attached hydrogen (secondary N) is 1. The summed E-state index contributed by atoms with van der Waals surface area (Å²) in [5.41, 5.74) is 2.97. The number of halogens is 1. The minimum absolute atomic E-state index is 0.0702. The maximum atomic E-state index is 12.0. The van der Waals surface area contributed by atoms with E-state index in [9.17, 15) is 4.79 Å². The number of aromatic nitrogens is 1. The van der Waals surface area contributed by atoms with E-state index < -0.39 is 0 Å². The summed E-state index contributed by atoms with van der Waals surface area (Å²) >= 11 is 6.03. The number of hydrogen-bond donors (Lipinski definition) is 1. The van der Waals surface area contributed by atoms with Crippen molar-refractivity contribution in [2.45, 2.75) is 26.8 Å². The molecule has 20 heavy (non-hydrogen) atoms. The number of rotatable bonds is 4. The third-order valence-electron chi connectivity index (χ3n) is 3.15. The number of nitrogens with zero attached hydrogens (tertiary/aromatic N) is 1. The molecule has 1 amide bonds. The third kappa shape index (κ3) is 3.81. The lowest BCUT2D eigenvalue weighted by molar-refractivity contribution is -0.684. The maximum absolute atomic E-state index is 12.0. The van der Waals surface area contributed by atoms with E-state index in [1.165, 1.54) is 5.56 Å². The number of pyridine rings is 1. The van der Waals surface area contributed by atoms with Crippen LogP contribution in [0.5, 0.6) is 0 Å². The lowest BCUT2D eigenvalue weighted by Crippen LogP contribution is -2.39. The smallest absolute Gasteiger partial charge is 0.290 e. The molecule has 0 aliphatic heterocycles. The van der Waals surface area contributed by atoms with Gasteiger partial charge in [-0.3, -0.25) is 4.79 Å². The Kier molecular flexibility index (Phi) is 4.74. The van der Waals surface area contributed by atoms with Crippen LogP contribution in [0.25, 0.3) is 0 Å². The quantitative estimate of drug-likeness (QED) is 0.862. The molecule has 0 saturated carbocycles. The van der Waals surface area contributed by atoms with Gasteiger partial charge in [0.05, 0.1) is 0 Å². The van der Waals surface area contributed by atoms with Gasteiger partial charge in [0.25, 0.3) is 5.91 Å². The van der Waals surface area contributed by atoms with Crippen LogP contribution in [0, 0.1) is 6.92 Å². The second-order valence-electron chi connectivity index (χ2n) is 4.74. The van der Waals surface area contributed by atoms with Crippen molar-refractivity contribution in [2.75, 3.05) is 5.32 Å². The second-order valence-corrected chi connectivity index (χ2v) is 5.15. The largest absolute Gasteiger partial charge is 0.321 e. The first-order valence-electron chi connectivity index (χ1n) is 6.62. The average Bonchev–Trinajstić information content (AvgIpc) is 2.44. The van der Waals surface area contributed by atoms with Crippen molar-refractivity contribution in [3.8, 4) is 0 Å². The lowest BCUT2D eigenvalue weighted by atomic mass is 10.2. The van der Waals surface area contributed by atoms with Crippen LogP contribution in [-0.4, -0.2) is 5.91 Å². The van der Waals surface area contributed by atoms with Gasteiger partial charge in [-0.05, 0) is 36.6 Å². The first kappa shape index (κ1) is 14.5. The minimum atomic E-state index is -0.0702. The van der Waals surface area contributed by atoms with Crippen molar-refractivity contribution in [3.63, 3.8) is 0 Å². The van der Waals surface area contributed by atoms with Crippen molar-refractivity contribution in [1.29, 1.82) is 0 Å². The molecule has 1 heterocycles. The molecule has 0 aliphatic carbocycles.